The van der Waals surface area contributed by atoms with Gasteiger partial charge in [0.05, 0.1) is 70.8 Å². The number of rotatable bonds is 6. The number of benzene rings is 3. The lowest BCUT2D eigenvalue weighted by Gasteiger charge is -2.47. The number of morpholine rings is 1. The van der Waals surface area contributed by atoms with Crippen molar-refractivity contribution in [3.63, 3.8) is 0 Å². The highest BCUT2D eigenvalue weighted by Gasteiger charge is 2.40. The first-order chi connectivity index (χ1) is 21.7. The second-order valence-electron chi connectivity index (χ2n) is 12.0. The molecule has 10 nitrogen and oxygen atoms in total. The van der Waals surface area contributed by atoms with Crippen LogP contribution in [0.1, 0.15) is 46.0 Å². The van der Waals surface area contributed by atoms with Crippen LogP contribution in [0.2, 0.25) is 10.0 Å². The van der Waals surface area contributed by atoms with E-state index >= 15 is 4.39 Å². The molecule has 13 heteroatoms. The Balaban J connectivity index is 0.00000372. The molecule has 1 amide bonds. The van der Waals surface area contributed by atoms with E-state index in [1.165, 1.54) is 4.90 Å². The van der Waals surface area contributed by atoms with E-state index in [1.807, 2.05) is 6.07 Å². The average Bonchev–Trinajstić information content (AvgIpc) is 3.26. The molecule has 0 radical (unpaired) electrons. The number of hydrogen-bond acceptors (Lipinski definition) is 7. The average molecular weight is 675 g/mol. The van der Waals surface area contributed by atoms with Gasteiger partial charge in [-0.2, -0.15) is 0 Å². The summed E-state index contributed by atoms with van der Waals surface area (Å²) in [6.45, 7) is 3.83. The molecule has 244 valence electrons. The molecular weight excluding hydrogens is 640 g/mol. The second-order valence-corrected chi connectivity index (χ2v) is 12.8. The number of carboxylic acids is 1. The monoisotopic (exact) mass is 673 g/mol. The van der Waals surface area contributed by atoms with Gasteiger partial charge in [-0.1, -0.05) is 41.4 Å². The van der Waals surface area contributed by atoms with Crippen molar-refractivity contribution in [1.29, 1.82) is 0 Å². The Morgan fingerprint density at radius 2 is 1.74 bits per heavy atom. The minimum atomic E-state index is -1.19. The van der Waals surface area contributed by atoms with Crippen molar-refractivity contribution in [2.45, 2.75) is 50.5 Å². The molecule has 46 heavy (non-hydrogen) atoms. The van der Waals surface area contributed by atoms with Crippen molar-refractivity contribution in [2.75, 3.05) is 43.4 Å². The Kier molecular flexibility index (Phi) is 8.81. The predicted octanol–water partition coefficient (Wildman–Crippen LogP) is 5.26. The molecule has 0 saturated carbocycles. The van der Waals surface area contributed by atoms with Crippen LogP contribution in [0.5, 0.6) is 5.75 Å². The number of amides is 1. The van der Waals surface area contributed by atoms with E-state index in [0.29, 0.717) is 42.3 Å². The standard InChI is InChI=1S/C33H32Cl2FN3O6.H2O/c1-17-29(43-2)13-38(17)21-8-25(34)30(26(35)9-21)32(40)37-12-18-4-3-5-22(31(18)45-16-37)23-11-28(24(33(41)42)10-27(23)36)39-19-6-7-20(39)15-44-14-19;/h3-5,8-11,17,19-20,29H,6-7,12-16H2,1-2H3,(H,41,42);1H2/t17-,19?,20?,29-;/m1./s1. The smallest absolute Gasteiger partial charge is 0.337 e. The van der Waals surface area contributed by atoms with Crippen molar-refractivity contribution in [1.82, 2.24) is 4.90 Å². The molecule has 3 N–H and O–H groups in total. The topological polar surface area (TPSA) is 123 Å². The molecule has 3 aromatic rings. The molecule has 3 aromatic carbocycles. The largest absolute Gasteiger partial charge is 0.478 e. The lowest BCUT2D eigenvalue weighted by molar-refractivity contribution is 0.0459. The van der Waals surface area contributed by atoms with Gasteiger partial charge in [0.25, 0.3) is 5.91 Å². The maximum absolute atomic E-state index is 15.7. The number of carbonyl (C=O) groups is 2. The molecule has 0 aliphatic carbocycles. The minimum absolute atomic E-state index is 0. The summed E-state index contributed by atoms with van der Waals surface area (Å²) in [6.07, 6.45) is 1.88. The lowest BCUT2D eigenvalue weighted by Crippen LogP contribution is -2.59. The molecule has 4 atom stereocenters. The van der Waals surface area contributed by atoms with Crippen LogP contribution in [0.3, 0.4) is 0 Å². The predicted molar refractivity (Wildman–Crippen MR) is 172 cm³/mol. The van der Waals surface area contributed by atoms with E-state index in [1.54, 1.807) is 37.4 Å². The highest BCUT2D eigenvalue weighted by atomic mass is 35.5. The summed E-state index contributed by atoms with van der Waals surface area (Å²) in [5.74, 6) is -1.81. The maximum atomic E-state index is 15.7. The van der Waals surface area contributed by atoms with E-state index < -0.39 is 11.8 Å². The molecular formula is C33H34Cl2FN3O7. The summed E-state index contributed by atoms with van der Waals surface area (Å²) in [5.41, 5.74) is 2.77. The third-order valence-electron chi connectivity index (χ3n) is 9.52. The first-order valence-electron chi connectivity index (χ1n) is 14.9. The normalized spacial score (nSPS) is 23.3. The van der Waals surface area contributed by atoms with Crippen molar-refractivity contribution in [2.24, 2.45) is 0 Å². The molecule has 4 aliphatic heterocycles. The number of hydrogen-bond donors (Lipinski definition) is 1. The fourth-order valence-corrected chi connectivity index (χ4v) is 7.70. The Bertz CT molecular complexity index is 1670. The van der Waals surface area contributed by atoms with Gasteiger partial charge in [-0.3, -0.25) is 4.79 Å². The molecule has 4 aliphatic rings. The minimum Gasteiger partial charge on any atom is -0.478 e. The van der Waals surface area contributed by atoms with E-state index in [-0.39, 0.29) is 75.6 Å². The fraction of sp³-hybridized carbons (Fsp3) is 0.394. The van der Waals surface area contributed by atoms with Gasteiger partial charge in [0.1, 0.15) is 11.6 Å². The van der Waals surface area contributed by atoms with Gasteiger partial charge in [0.2, 0.25) is 0 Å². The SMILES string of the molecule is CO[C@@H]1CN(c2cc(Cl)c(C(=O)N3COc4c(cccc4-c4cc(N5C6CCC5COC6)c(C(=O)O)cc4F)C3)c(Cl)c2)[C@@H]1C.O. The maximum Gasteiger partial charge on any atom is 0.337 e. The molecule has 0 spiro atoms. The zero-order valence-corrected chi connectivity index (χ0v) is 26.8. The number of carboxylic acid groups (broad SMARTS) is 1. The molecule has 2 unspecified atom stereocenters. The van der Waals surface area contributed by atoms with Crippen LogP contribution in [-0.2, 0) is 16.0 Å². The highest BCUT2D eigenvalue weighted by Crippen LogP contribution is 2.43. The number of ether oxygens (including phenoxy) is 3. The van der Waals surface area contributed by atoms with Gasteiger partial charge in [-0.05, 0) is 44.0 Å². The number of para-hydroxylation sites is 1. The van der Waals surface area contributed by atoms with Gasteiger partial charge in [-0.15, -0.1) is 0 Å². The zero-order valence-electron chi connectivity index (χ0n) is 25.3. The lowest BCUT2D eigenvalue weighted by atomic mass is 9.96. The quantitative estimate of drug-likeness (QED) is 0.376. The number of anilines is 2. The van der Waals surface area contributed by atoms with Crippen molar-refractivity contribution < 1.29 is 38.8 Å². The van der Waals surface area contributed by atoms with Crippen LogP contribution in [0.15, 0.2) is 42.5 Å². The summed E-state index contributed by atoms with van der Waals surface area (Å²) in [4.78, 5) is 31.6. The van der Waals surface area contributed by atoms with E-state index in [4.69, 9.17) is 37.4 Å². The Morgan fingerprint density at radius 1 is 1.04 bits per heavy atom. The van der Waals surface area contributed by atoms with Crippen LogP contribution in [0.4, 0.5) is 15.8 Å². The van der Waals surface area contributed by atoms with Gasteiger partial charge < -0.3 is 39.5 Å². The van der Waals surface area contributed by atoms with Crippen LogP contribution >= 0.6 is 23.2 Å². The summed E-state index contributed by atoms with van der Waals surface area (Å²) >= 11 is 13.3. The Morgan fingerprint density at radius 3 is 2.37 bits per heavy atom. The van der Waals surface area contributed by atoms with Crippen LogP contribution in [0.25, 0.3) is 11.1 Å². The molecule has 4 heterocycles. The number of aromatic carboxylic acids is 1. The molecule has 2 bridgehead atoms. The number of fused-ring (bicyclic) bond motifs is 3. The Hall–Kier alpha value is -3.61. The summed E-state index contributed by atoms with van der Waals surface area (Å²) in [6, 6.07) is 11.7. The number of carbonyl (C=O) groups excluding carboxylic acids is 1. The van der Waals surface area contributed by atoms with Gasteiger partial charge >= 0.3 is 5.97 Å². The van der Waals surface area contributed by atoms with Crippen LogP contribution in [-0.4, -0.2) is 85.2 Å². The third-order valence-corrected chi connectivity index (χ3v) is 10.1. The number of methoxy groups -OCH3 is 1. The molecule has 3 saturated heterocycles. The Labute approximate surface area is 275 Å². The highest BCUT2D eigenvalue weighted by molar-refractivity contribution is 6.40. The summed E-state index contributed by atoms with van der Waals surface area (Å²) < 4.78 is 32.9. The molecule has 3 fully saturated rings. The first kappa shape index (κ1) is 32.3. The molecule has 0 aromatic heterocycles. The number of nitrogens with zero attached hydrogens (tertiary/aromatic N) is 3. The van der Waals surface area contributed by atoms with Crippen molar-refractivity contribution in [3.8, 4) is 16.9 Å². The van der Waals surface area contributed by atoms with Crippen molar-refractivity contribution >= 4 is 46.5 Å². The van der Waals surface area contributed by atoms with E-state index in [9.17, 15) is 14.7 Å². The van der Waals surface area contributed by atoms with Gasteiger partial charge in [0.15, 0.2) is 6.73 Å². The van der Waals surface area contributed by atoms with Crippen LogP contribution < -0.4 is 14.5 Å². The van der Waals surface area contributed by atoms with E-state index in [2.05, 4.69) is 16.7 Å². The van der Waals surface area contributed by atoms with Gasteiger partial charge in [-0.25, -0.2) is 9.18 Å². The summed E-state index contributed by atoms with van der Waals surface area (Å²) in [5, 5.41) is 10.4. The number of halogens is 3. The van der Waals surface area contributed by atoms with Crippen LogP contribution in [0, 0.1) is 5.82 Å². The van der Waals surface area contributed by atoms with Crippen molar-refractivity contribution in [3.05, 3.63) is 75.0 Å². The second kappa shape index (κ2) is 12.5. The zero-order chi connectivity index (χ0) is 31.6. The third kappa shape index (κ3) is 5.33. The van der Waals surface area contributed by atoms with E-state index in [0.717, 1.165) is 24.6 Å². The summed E-state index contributed by atoms with van der Waals surface area (Å²) in [7, 11) is 1.68. The fourth-order valence-electron chi connectivity index (χ4n) is 7.07. The van der Waals surface area contributed by atoms with Gasteiger partial charge in [0, 0.05) is 36.0 Å². The first-order valence-corrected chi connectivity index (χ1v) is 15.7. The molecule has 7 rings (SSSR count).